The summed E-state index contributed by atoms with van der Waals surface area (Å²) in [6, 6.07) is 9.64. The third-order valence-corrected chi connectivity index (χ3v) is 4.43. The first kappa shape index (κ1) is 18.9. The summed E-state index contributed by atoms with van der Waals surface area (Å²) in [5.41, 5.74) is 5.15. The highest BCUT2D eigenvalue weighted by Gasteiger charge is 2.24. The van der Waals surface area contributed by atoms with E-state index in [1.807, 2.05) is 4.90 Å². The molecule has 27 heavy (non-hydrogen) atoms. The average Bonchev–Trinajstić information content (AvgIpc) is 3.21. The summed E-state index contributed by atoms with van der Waals surface area (Å²) in [6.45, 7) is 2.26. The molecule has 0 atom stereocenters. The van der Waals surface area contributed by atoms with Gasteiger partial charge in [-0.05, 0) is 36.4 Å². The van der Waals surface area contributed by atoms with Crippen LogP contribution < -0.4 is 10.9 Å². The Morgan fingerprint density at radius 3 is 2.33 bits per heavy atom. The molecule has 0 bridgehead atoms. The maximum atomic E-state index is 12.2. The Hall–Kier alpha value is -2.84. The molecule has 1 aromatic heterocycles. The molecular weight excluding hydrogens is 372 g/mol. The van der Waals surface area contributed by atoms with E-state index in [1.165, 1.54) is 6.26 Å². The summed E-state index contributed by atoms with van der Waals surface area (Å²) in [5, 5.41) is 0.528. The van der Waals surface area contributed by atoms with Crippen LogP contribution in [0.15, 0.2) is 47.1 Å². The van der Waals surface area contributed by atoms with E-state index in [0.29, 0.717) is 42.5 Å². The SMILES string of the molecule is O=C(CN1CCN(C(=O)c2ccco2)CC1)NNC(=O)c1ccc(Cl)cc1. The molecular formula is C18H19ClN4O4. The van der Waals surface area contributed by atoms with Crippen molar-refractivity contribution in [3.63, 3.8) is 0 Å². The normalized spacial score (nSPS) is 14.6. The number of halogens is 1. The van der Waals surface area contributed by atoms with Gasteiger partial charge in [-0.25, -0.2) is 0 Å². The molecule has 9 heteroatoms. The Bertz CT molecular complexity index is 799. The number of rotatable bonds is 4. The van der Waals surface area contributed by atoms with Crippen LogP contribution in [0, 0.1) is 0 Å². The topological polar surface area (TPSA) is 94.9 Å². The Kier molecular flexibility index (Phi) is 6.10. The first-order chi connectivity index (χ1) is 13.0. The number of carbonyl (C=O) groups excluding carboxylic acids is 3. The summed E-state index contributed by atoms with van der Waals surface area (Å²) in [6.07, 6.45) is 1.46. The van der Waals surface area contributed by atoms with Crippen LogP contribution in [0.1, 0.15) is 20.9 Å². The van der Waals surface area contributed by atoms with Gasteiger partial charge in [-0.2, -0.15) is 0 Å². The summed E-state index contributed by atoms with van der Waals surface area (Å²) in [7, 11) is 0. The summed E-state index contributed by atoms with van der Waals surface area (Å²) < 4.78 is 5.12. The van der Waals surface area contributed by atoms with Crippen molar-refractivity contribution in [2.75, 3.05) is 32.7 Å². The Morgan fingerprint density at radius 1 is 1.00 bits per heavy atom. The highest BCUT2D eigenvalue weighted by atomic mass is 35.5. The van der Waals surface area contributed by atoms with Crippen LogP contribution >= 0.6 is 11.6 Å². The first-order valence-corrected chi connectivity index (χ1v) is 8.80. The lowest BCUT2D eigenvalue weighted by molar-refractivity contribution is -0.123. The van der Waals surface area contributed by atoms with Crippen LogP contribution in [0.4, 0.5) is 0 Å². The van der Waals surface area contributed by atoms with Crippen molar-refractivity contribution in [2.24, 2.45) is 0 Å². The van der Waals surface area contributed by atoms with Crippen LogP contribution in [0.5, 0.6) is 0 Å². The lowest BCUT2D eigenvalue weighted by Crippen LogP contribution is -2.52. The molecule has 3 rings (SSSR count). The molecule has 1 saturated heterocycles. The molecule has 0 radical (unpaired) electrons. The maximum Gasteiger partial charge on any atom is 0.289 e. The largest absolute Gasteiger partial charge is 0.459 e. The van der Waals surface area contributed by atoms with Crippen LogP contribution in [0.25, 0.3) is 0 Å². The minimum Gasteiger partial charge on any atom is -0.459 e. The Balaban J connectivity index is 1.40. The van der Waals surface area contributed by atoms with E-state index in [-0.39, 0.29) is 18.4 Å². The first-order valence-electron chi connectivity index (χ1n) is 8.43. The van der Waals surface area contributed by atoms with Gasteiger partial charge in [0.15, 0.2) is 5.76 Å². The fourth-order valence-corrected chi connectivity index (χ4v) is 2.83. The van der Waals surface area contributed by atoms with E-state index < -0.39 is 5.91 Å². The second kappa shape index (κ2) is 8.70. The average molecular weight is 391 g/mol. The molecule has 0 unspecified atom stereocenters. The zero-order valence-electron chi connectivity index (χ0n) is 14.5. The standard InChI is InChI=1S/C18H19ClN4O4/c19-14-5-3-13(4-6-14)17(25)21-20-16(24)12-22-7-9-23(10-8-22)18(26)15-2-1-11-27-15/h1-6,11H,7-10,12H2,(H,20,24)(H,21,25). The third kappa shape index (κ3) is 5.08. The predicted molar refractivity (Wildman–Crippen MR) is 98.1 cm³/mol. The number of furan rings is 1. The molecule has 8 nitrogen and oxygen atoms in total. The number of nitrogens with zero attached hydrogens (tertiary/aromatic N) is 2. The zero-order valence-corrected chi connectivity index (χ0v) is 15.2. The second-order valence-electron chi connectivity index (χ2n) is 6.05. The Morgan fingerprint density at radius 2 is 1.70 bits per heavy atom. The van der Waals surface area contributed by atoms with Crippen LogP contribution in [-0.2, 0) is 4.79 Å². The number of piperazine rings is 1. The number of nitrogens with one attached hydrogen (secondary N) is 2. The van der Waals surface area contributed by atoms with Crippen LogP contribution in [-0.4, -0.2) is 60.2 Å². The van der Waals surface area contributed by atoms with Gasteiger partial charge in [-0.15, -0.1) is 0 Å². The minimum absolute atomic E-state index is 0.129. The third-order valence-electron chi connectivity index (χ3n) is 4.18. The van der Waals surface area contributed by atoms with E-state index in [9.17, 15) is 14.4 Å². The molecule has 1 aliphatic rings. The van der Waals surface area contributed by atoms with Crippen molar-refractivity contribution in [1.82, 2.24) is 20.7 Å². The van der Waals surface area contributed by atoms with Crippen molar-refractivity contribution in [3.8, 4) is 0 Å². The van der Waals surface area contributed by atoms with Gasteiger partial charge in [0.25, 0.3) is 17.7 Å². The van der Waals surface area contributed by atoms with Gasteiger partial charge in [0.2, 0.25) is 0 Å². The number of amides is 3. The molecule has 1 aromatic carbocycles. The minimum atomic E-state index is -0.422. The second-order valence-corrected chi connectivity index (χ2v) is 6.49. The fraction of sp³-hybridized carbons (Fsp3) is 0.278. The summed E-state index contributed by atoms with van der Waals surface area (Å²) in [4.78, 5) is 39.8. The summed E-state index contributed by atoms with van der Waals surface area (Å²) >= 11 is 5.77. The lowest BCUT2D eigenvalue weighted by atomic mass is 10.2. The number of hydrogen-bond donors (Lipinski definition) is 2. The molecule has 3 amide bonds. The van der Waals surface area contributed by atoms with Gasteiger partial charge in [0, 0.05) is 36.8 Å². The fourth-order valence-electron chi connectivity index (χ4n) is 2.71. The molecule has 1 fully saturated rings. The number of carbonyl (C=O) groups is 3. The molecule has 1 aliphatic heterocycles. The highest BCUT2D eigenvalue weighted by Crippen LogP contribution is 2.10. The molecule has 0 spiro atoms. The van der Waals surface area contributed by atoms with Crippen molar-refractivity contribution in [2.45, 2.75) is 0 Å². The number of hydrazine groups is 1. The van der Waals surface area contributed by atoms with E-state index in [1.54, 1.807) is 41.3 Å². The van der Waals surface area contributed by atoms with Crippen LogP contribution in [0.2, 0.25) is 5.02 Å². The predicted octanol–water partition coefficient (Wildman–Crippen LogP) is 1.15. The van der Waals surface area contributed by atoms with Crippen molar-refractivity contribution in [1.29, 1.82) is 0 Å². The van der Waals surface area contributed by atoms with Gasteiger partial charge in [0.1, 0.15) is 0 Å². The molecule has 0 aliphatic carbocycles. The van der Waals surface area contributed by atoms with Crippen molar-refractivity contribution >= 4 is 29.3 Å². The van der Waals surface area contributed by atoms with Gasteiger partial charge < -0.3 is 9.32 Å². The van der Waals surface area contributed by atoms with E-state index >= 15 is 0 Å². The zero-order chi connectivity index (χ0) is 19.2. The smallest absolute Gasteiger partial charge is 0.289 e. The number of benzene rings is 1. The van der Waals surface area contributed by atoms with Gasteiger partial charge in [-0.3, -0.25) is 30.1 Å². The van der Waals surface area contributed by atoms with Gasteiger partial charge in [0.05, 0.1) is 12.8 Å². The molecule has 2 heterocycles. The van der Waals surface area contributed by atoms with Crippen LogP contribution in [0.3, 0.4) is 0 Å². The van der Waals surface area contributed by atoms with Crippen molar-refractivity contribution < 1.29 is 18.8 Å². The van der Waals surface area contributed by atoms with Crippen molar-refractivity contribution in [3.05, 3.63) is 59.0 Å². The highest BCUT2D eigenvalue weighted by molar-refractivity contribution is 6.30. The maximum absolute atomic E-state index is 12.2. The van der Waals surface area contributed by atoms with Gasteiger partial charge >= 0.3 is 0 Å². The molecule has 0 saturated carbocycles. The molecule has 142 valence electrons. The van der Waals surface area contributed by atoms with E-state index in [0.717, 1.165) is 0 Å². The van der Waals surface area contributed by atoms with Gasteiger partial charge in [-0.1, -0.05) is 11.6 Å². The lowest BCUT2D eigenvalue weighted by Gasteiger charge is -2.33. The quantitative estimate of drug-likeness (QED) is 0.764. The summed E-state index contributed by atoms with van der Waals surface area (Å²) in [5.74, 6) is -0.595. The van der Waals surface area contributed by atoms with E-state index in [4.69, 9.17) is 16.0 Å². The Labute approximate surface area is 161 Å². The monoisotopic (exact) mass is 390 g/mol. The van der Waals surface area contributed by atoms with E-state index in [2.05, 4.69) is 10.9 Å². The molecule has 2 N–H and O–H groups in total. The molecule has 2 aromatic rings. The number of hydrogen-bond acceptors (Lipinski definition) is 5.